The van der Waals surface area contributed by atoms with Gasteiger partial charge in [0.1, 0.15) is 0 Å². The smallest absolute Gasteiger partial charge is 0.223 e. The molecule has 1 aliphatic heterocycles. The molecule has 0 unspecified atom stereocenters. The van der Waals surface area contributed by atoms with E-state index in [9.17, 15) is 4.79 Å². The van der Waals surface area contributed by atoms with Crippen molar-refractivity contribution in [2.75, 3.05) is 26.2 Å². The zero-order valence-electron chi connectivity index (χ0n) is 11.2. The molecular weight excluding hydrogens is 240 g/mol. The third-order valence-electron chi connectivity index (χ3n) is 3.62. The second-order valence-corrected chi connectivity index (χ2v) is 5.05. The van der Waals surface area contributed by atoms with Gasteiger partial charge in [0.25, 0.3) is 0 Å². The molecule has 0 aromatic heterocycles. The summed E-state index contributed by atoms with van der Waals surface area (Å²) < 4.78 is 0. The summed E-state index contributed by atoms with van der Waals surface area (Å²) in [5.74, 6) is 0.201. The van der Waals surface area contributed by atoms with Crippen LogP contribution in [-0.2, 0) is 11.3 Å². The molecule has 104 valence electrons. The average molecular weight is 262 g/mol. The molecule has 1 aromatic carbocycles. The number of hydrogen-bond acceptors (Lipinski definition) is 3. The van der Waals surface area contributed by atoms with Gasteiger partial charge < -0.3 is 10.4 Å². The maximum absolute atomic E-state index is 11.8. The van der Waals surface area contributed by atoms with Crippen LogP contribution in [0.25, 0.3) is 0 Å². The minimum absolute atomic E-state index is 0.0125. The summed E-state index contributed by atoms with van der Waals surface area (Å²) in [6, 6.07) is 10.4. The van der Waals surface area contributed by atoms with E-state index in [0.717, 1.165) is 32.5 Å². The highest BCUT2D eigenvalue weighted by molar-refractivity contribution is 5.78. The number of amides is 1. The Kier molecular flexibility index (Phi) is 5.36. The van der Waals surface area contributed by atoms with Crippen molar-refractivity contribution in [3.63, 3.8) is 0 Å². The van der Waals surface area contributed by atoms with E-state index in [1.165, 1.54) is 5.56 Å². The van der Waals surface area contributed by atoms with E-state index in [0.29, 0.717) is 6.54 Å². The maximum atomic E-state index is 11.8. The second-order valence-electron chi connectivity index (χ2n) is 5.05. The Bertz CT molecular complexity index is 386. The Hall–Kier alpha value is -1.39. The number of nitrogens with zero attached hydrogens (tertiary/aromatic N) is 1. The number of carbonyl (C=O) groups excluding carboxylic acids is 1. The quantitative estimate of drug-likeness (QED) is 0.832. The standard InChI is InChI=1S/C15H22N2O2/c18-11-8-16-15(19)14-6-9-17(10-7-14)12-13-4-2-1-3-5-13/h1-5,14,18H,6-12H2,(H,16,19). The first-order chi connectivity index (χ1) is 9.29. The Balaban J connectivity index is 1.75. The third kappa shape index (κ3) is 4.33. The first-order valence-corrected chi connectivity index (χ1v) is 6.94. The number of nitrogens with one attached hydrogen (secondary N) is 1. The summed E-state index contributed by atoms with van der Waals surface area (Å²) in [6.45, 7) is 3.27. The van der Waals surface area contributed by atoms with Gasteiger partial charge in [-0.1, -0.05) is 30.3 Å². The molecule has 0 spiro atoms. The SMILES string of the molecule is O=C(NCCO)C1CCN(Cc2ccccc2)CC1. The van der Waals surface area contributed by atoms with Gasteiger partial charge in [0.2, 0.25) is 5.91 Å². The normalized spacial score (nSPS) is 17.3. The minimum atomic E-state index is 0.0125. The van der Waals surface area contributed by atoms with Gasteiger partial charge in [0.15, 0.2) is 0 Å². The number of likely N-dealkylation sites (tertiary alicyclic amines) is 1. The zero-order valence-corrected chi connectivity index (χ0v) is 11.2. The van der Waals surface area contributed by atoms with Crippen LogP contribution in [-0.4, -0.2) is 42.2 Å². The molecule has 2 rings (SSSR count). The molecule has 1 aromatic rings. The van der Waals surface area contributed by atoms with Crippen LogP contribution in [0.5, 0.6) is 0 Å². The third-order valence-corrected chi connectivity index (χ3v) is 3.62. The fourth-order valence-corrected chi connectivity index (χ4v) is 2.52. The first-order valence-electron chi connectivity index (χ1n) is 6.94. The van der Waals surface area contributed by atoms with Crippen molar-refractivity contribution in [3.8, 4) is 0 Å². The molecule has 0 aliphatic carbocycles. The van der Waals surface area contributed by atoms with E-state index in [1.807, 2.05) is 6.07 Å². The van der Waals surface area contributed by atoms with E-state index in [-0.39, 0.29) is 18.4 Å². The van der Waals surface area contributed by atoms with Crippen molar-refractivity contribution in [2.24, 2.45) is 5.92 Å². The van der Waals surface area contributed by atoms with Crippen LogP contribution in [0, 0.1) is 5.92 Å². The highest BCUT2D eigenvalue weighted by atomic mass is 16.3. The predicted molar refractivity (Wildman–Crippen MR) is 74.5 cm³/mol. The molecule has 1 heterocycles. The number of carbonyl (C=O) groups is 1. The number of aliphatic hydroxyl groups is 1. The Labute approximate surface area is 114 Å². The minimum Gasteiger partial charge on any atom is -0.395 e. The molecule has 0 atom stereocenters. The fraction of sp³-hybridized carbons (Fsp3) is 0.533. The molecule has 4 heteroatoms. The van der Waals surface area contributed by atoms with Gasteiger partial charge in [-0.3, -0.25) is 9.69 Å². The summed E-state index contributed by atoms with van der Waals surface area (Å²) in [6.07, 6.45) is 1.81. The number of piperidine rings is 1. The predicted octanol–water partition coefficient (Wildman–Crippen LogP) is 1.01. The zero-order chi connectivity index (χ0) is 13.5. The molecule has 1 aliphatic rings. The first kappa shape index (κ1) is 14.0. The van der Waals surface area contributed by atoms with Crippen LogP contribution in [0.1, 0.15) is 18.4 Å². The van der Waals surface area contributed by atoms with Gasteiger partial charge in [-0.05, 0) is 31.5 Å². The van der Waals surface area contributed by atoms with Crippen LogP contribution in [0.3, 0.4) is 0 Å². The van der Waals surface area contributed by atoms with E-state index in [2.05, 4.69) is 34.5 Å². The fourth-order valence-electron chi connectivity index (χ4n) is 2.52. The average Bonchev–Trinajstić information content (AvgIpc) is 2.46. The second kappa shape index (κ2) is 7.26. The number of rotatable bonds is 5. The van der Waals surface area contributed by atoms with Gasteiger partial charge in [-0.15, -0.1) is 0 Å². The molecule has 0 radical (unpaired) electrons. The van der Waals surface area contributed by atoms with E-state index >= 15 is 0 Å². The molecule has 2 N–H and O–H groups in total. The molecule has 4 nitrogen and oxygen atoms in total. The lowest BCUT2D eigenvalue weighted by Crippen LogP contribution is -2.40. The Morgan fingerprint density at radius 3 is 2.58 bits per heavy atom. The van der Waals surface area contributed by atoms with Crippen LogP contribution < -0.4 is 5.32 Å². The lowest BCUT2D eigenvalue weighted by molar-refractivity contribution is -0.126. The van der Waals surface area contributed by atoms with Crippen molar-refractivity contribution in [3.05, 3.63) is 35.9 Å². The molecular formula is C15H22N2O2. The summed E-state index contributed by atoms with van der Waals surface area (Å²) in [4.78, 5) is 14.2. The number of hydrogen-bond donors (Lipinski definition) is 2. The van der Waals surface area contributed by atoms with Crippen molar-refractivity contribution in [2.45, 2.75) is 19.4 Å². The molecule has 1 fully saturated rings. The van der Waals surface area contributed by atoms with E-state index in [1.54, 1.807) is 0 Å². The lowest BCUT2D eigenvalue weighted by atomic mass is 9.95. The van der Waals surface area contributed by atoms with Gasteiger partial charge >= 0.3 is 0 Å². The van der Waals surface area contributed by atoms with Gasteiger partial charge in [-0.2, -0.15) is 0 Å². The van der Waals surface area contributed by atoms with E-state index in [4.69, 9.17) is 5.11 Å². The molecule has 0 saturated carbocycles. The number of benzene rings is 1. The summed E-state index contributed by atoms with van der Waals surface area (Å²) in [5.41, 5.74) is 1.32. The van der Waals surface area contributed by atoms with E-state index < -0.39 is 0 Å². The summed E-state index contributed by atoms with van der Waals surface area (Å²) in [5, 5.41) is 11.5. The highest BCUT2D eigenvalue weighted by Gasteiger charge is 2.24. The van der Waals surface area contributed by atoms with Crippen molar-refractivity contribution in [1.82, 2.24) is 10.2 Å². The van der Waals surface area contributed by atoms with Crippen LogP contribution in [0.2, 0.25) is 0 Å². The maximum Gasteiger partial charge on any atom is 0.223 e. The highest BCUT2D eigenvalue weighted by Crippen LogP contribution is 2.19. The van der Waals surface area contributed by atoms with Gasteiger partial charge in [-0.25, -0.2) is 0 Å². The lowest BCUT2D eigenvalue weighted by Gasteiger charge is -2.31. The monoisotopic (exact) mass is 262 g/mol. The molecule has 1 saturated heterocycles. The number of aliphatic hydroxyl groups excluding tert-OH is 1. The summed E-state index contributed by atoms with van der Waals surface area (Å²) >= 11 is 0. The van der Waals surface area contributed by atoms with Crippen molar-refractivity contribution >= 4 is 5.91 Å². The molecule has 1 amide bonds. The van der Waals surface area contributed by atoms with Gasteiger partial charge in [0, 0.05) is 19.0 Å². The van der Waals surface area contributed by atoms with Crippen LogP contribution in [0.4, 0.5) is 0 Å². The summed E-state index contributed by atoms with van der Waals surface area (Å²) in [7, 11) is 0. The van der Waals surface area contributed by atoms with Crippen molar-refractivity contribution < 1.29 is 9.90 Å². The topological polar surface area (TPSA) is 52.6 Å². The largest absolute Gasteiger partial charge is 0.395 e. The molecule has 19 heavy (non-hydrogen) atoms. The Morgan fingerprint density at radius 1 is 1.26 bits per heavy atom. The molecule has 0 bridgehead atoms. The van der Waals surface area contributed by atoms with Gasteiger partial charge in [0.05, 0.1) is 6.61 Å². The van der Waals surface area contributed by atoms with Crippen LogP contribution in [0.15, 0.2) is 30.3 Å². The Morgan fingerprint density at radius 2 is 1.95 bits per heavy atom. The van der Waals surface area contributed by atoms with Crippen molar-refractivity contribution in [1.29, 1.82) is 0 Å². The van der Waals surface area contributed by atoms with Crippen LogP contribution >= 0.6 is 0 Å².